The van der Waals surface area contributed by atoms with Gasteiger partial charge in [0.05, 0.1) is 5.69 Å². The summed E-state index contributed by atoms with van der Waals surface area (Å²) < 4.78 is 40.0. The van der Waals surface area contributed by atoms with E-state index < -0.39 is 20.7 Å². The Balaban J connectivity index is 2.40. The molecule has 1 aromatic heterocycles. The molecule has 0 amide bonds. The van der Waals surface area contributed by atoms with Crippen molar-refractivity contribution >= 4 is 31.6 Å². The second-order valence-electron chi connectivity index (χ2n) is 3.38. The van der Waals surface area contributed by atoms with Crippen LogP contribution >= 0.6 is 15.9 Å². The van der Waals surface area contributed by atoms with Crippen LogP contribution in [0.25, 0.3) is 0 Å². The number of nitrogens with one attached hydrogen (secondary N) is 1. The van der Waals surface area contributed by atoms with Crippen molar-refractivity contribution in [1.29, 1.82) is 0 Å². The van der Waals surface area contributed by atoms with E-state index in [0.29, 0.717) is 4.60 Å². The van der Waals surface area contributed by atoms with E-state index in [9.17, 15) is 12.8 Å². The van der Waals surface area contributed by atoms with Crippen LogP contribution in [0.2, 0.25) is 0 Å². The number of hydrogen-bond acceptors (Lipinski definition) is 3. The largest absolute Gasteiger partial charge is 0.277 e. The summed E-state index contributed by atoms with van der Waals surface area (Å²) in [5.41, 5.74) is 0.251. The first-order valence-electron chi connectivity index (χ1n) is 4.88. The van der Waals surface area contributed by atoms with Gasteiger partial charge in [0.2, 0.25) is 0 Å². The molecule has 2 aromatic rings. The van der Waals surface area contributed by atoms with E-state index in [1.54, 1.807) is 6.07 Å². The lowest BCUT2D eigenvalue weighted by atomic mass is 10.4. The van der Waals surface area contributed by atoms with Crippen molar-refractivity contribution in [3.8, 4) is 0 Å². The number of pyridine rings is 1. The second-order valence-corrected chi connectivity index (χ2v) is 5.78. The Labute approximate surface area is 112 Å². The van der Waals surface area contributed by atoms with Crippen LogP contribution in [-0.2, 0) is 10.0 Å². The SMILES string of the molecule is O=S(=O)(Nc1cccnc1Br)c1ccccc1F. The van der Waals surface area contributed by atoms with Gasteiger partial charge in [-0.3, -0.25) is 4.72 Å². The molecule has 2 rings (SSSR count). The van der Waals surface area contributed by atoms with E-state index >= 15 is 0 Å². The molecule has 0 spiro atoms. The first-order valence-corrected chi connectivity index (χ1v) is 7.16. The molecule has 0 saturated heterocycles. The molecule has 94 valence electrons. The number of halogens is 2. The average molecular weight is 331 g/mol. The number of nitrogens with zero attached hydrogens (tertiary/aromatic N) is 1. The molecular formula is C11H8BrFN2O2S. The van der Waals surface area contributed by atoms with Crippen LogP contribution in [0.4, 0.5) is 10.1 Å². The molecule has 0 bridgehead atoms. The number of sulfonamides is 1. The minimum atomic E-state index is -3.96. The molecule has 0 aliphatic carbocycles. The summed E-state index contributed by atoms with van der Waals surface area (Å²) >= 11 is 3.11. The quantitative estimate of drug-likeness (QED) is 0.880. The zero-order valence-electron chi connectivity index (χ0n) is 8.97. The van der Waals surface area contributed by atoms with Gasteiger partial charge in [-0.05, 0) is 40.2 Å². The van der Waals surface area contributed by atoms with Crippen molar-refractivity contribution in [3.63, 3.8) is 0 Å². The summed E-state index contributed by atoms with van der Waals surface area (Å²) in [5, 5.41) is 0. The van der Waals surface area contributed by atoms with Crippen molar-refractivity contribution in [2.24, 2.45) is 0 Å². The smallest absolute Gasteiger partial charge is 0.264 e. The predicted molar refractivity (Wildman–Crippen MR) is 69.1 cm³/mol. The number of hydrogen-bond donors (Lipinski definition) is 1. The maximum absolute atomic E-state index is 13.4. The lowest BCUT2D eigenvalue weighted by Crippen LogP contribution is -2.15. The fraction of sp³-hybridized carbons (Fsp3) is 0. The topological polar surface area (TPSA) is 59.1 Å². The maximum Gasteiger partial charge on any atom is 0.264 e. The van der Waals surface area contributed by atoms with Crippen LogP contribution < -0.4 is 4.72 Å². The fourth-order valence-electron chi connectivity index (χ4n) is 1.32. The van der Waals surface area contributed by atoms with Crippen molar-refractivity contribution in [2.45, 2.75) is 4.90 Å². The van der Waals surface area contributed by atoms with Crippen LogP contribution in [-0.4, -0.2) is 13.4 Å². The number of rotatable bonds is 3. The van der Waals surface area contributed by atoms with Gasteiger partial charge in [0.15, 0.2) is 0 Å². The summed E-state index contributed by atoms with van der Waals surface area (Å²) in [5.74, 6) is -0.801. The molecule has 0 fully saturated rings. The highest BCUT2D eigenvalue weighted by atomic mass is 79.9. The molecule has 0 aliphatic heterocycles. The first-order chi connectivity index (χ1) is 8.50. The molecule has 0 aliphatic rings. The van der Waals surface area contributed by atoms with Crippen LogP contribution in [0.3, 0.4) is 0 Å². The van der Waals surface area contributed by atoms with Gasteiger partial charge in [0.1, 0.15) is 15.3 Å². The third kappa shape index (κ3) is 2.68. The monoisotopic (exact) mass is 330 g/mol. The summed E-state index contributed by atoms with van der Waals surface area (Å²) in [4.78, 5) is 3.47. The zero-order valence-corrected chi connectivity index (χ0v) is 11.4. The van der Waals surface area contributed by atoms with E-state index in [0.717, 1.165) is 6.07 Å². The Morgan fingerprint density at radius 3 is 2.56 bits per heavy atom. The molecule has 1 N–H and O–H groups in total. The average Bonchev–Trinajstić information content (AvgIpc) is 2.32. The van der Waals surface area contributed by atoms with Gasteiger partial charge < -0.3 is 0 Å². The molecule has 0 saturated carbocycles. The van der Waals surface area contributed by atoms with Crippen LogP contribution in [0.1, 0.15) is 0 Å². The standard InChI is InChI=1S/C11H8BrFN2O2S/c12-11-9(5-3-7-14-11)15-18(16,17)10-6-2-1-4-8(10)13/h1-7,15H. The van der Waals surface area contributed by atoms with Gasteiger partial charge in [-0.25, -0.2) is 17.8 Å². The van der Waals surface area contributed by atoms with Gasteiger partial charge >= 0.3 is 0 Å². The van der Waals surface area contributed by atoms with Crippen LogP contribution in [0.5, 0.6) is 0 Å². The lowest BCUT2D eigenvalue weighted by molar-refractivity contribution is 0.570. The molecule has 0 unspecified atom stereocenters. The normalized spacial score (nSPS) is 11.2. The highest BCUT2D eigenvalue weighted by Crippen LogP contribution is 2.23. The van der Waals surface area contributed by atoms with Crippen LogP contribution in [0, 0.1) is 5.82 Å². The Morgan fingerprint density at radius 2 is 1.89 bits per heavy atom. The van der Waals surface area contributed by atoms with E-state index in [1.807, 2.05) is 0 Å². The van der Waals surface area contributed by atoms with E-state index in [1.165, 1.54) is 30.5 Å². The molecular weight excluding hydrogens is 323 g/mol. The Hall–Kier alpha value is -1.47. The van der Waals surface area contributed by atoms with Crippen molar-refractivity contribution < 1.29 is 12.8 Å². The van der Waals surface area contributed by atoms with Crippen molar-refractivity contribution in [1.82, 2.24) is 4.98 Å². The van der Waals surface area contributed by atoms with Gasteiger partial charge in [0, 0.05) is 6.20 Å². The fourth-order valence-corrected chi connectivity index (χ4v) is 2.95. The summed E-state index contributed by atoms with van der Waals surface area (Å²) in [6.07, 6.45) is 1.50. The van der Waals surface area contributed by atoms with E-state index in [-0.39, 0.29) is 5.69 Å². The number of aromatic nitrogens is 1. The molecule has 1 heterocycles. The third-order valence-corrected chi connectivity index (χ3v) is 4.16. The number of benzene rings is 1. The molecule has 18 heavy (non-hydrogen) atoms. The van der Waals surface area contributed by atoms with Gasteiger partial charge in [-0.2, -0.15) is 0 Å². The minimum absolute atomic E-state index is 0.251. The number of anilines is 1. The maximum atomic E-state index is 13.4. The van der Waals surface area contributed by atoms with Gasteiger partial charge in [0.25, 0.3) is 10.0 Å². The Morgan fingerprint density at radius 1 is 1.17 bits per heavy atom. The molecule has 0 radical (unpaired) electrons. The Kier molecular flexibility index (Phi) is 3.63. The lowest BCUT2D eigenvalue weighted by Gasteiger charge is -2.09. The van der Waals surface area contributed by atoms with E-state index in [2.05, 4.69) is 25.6 Å². The zero-order chi connectivity index (χ0) is 13.2. The molecule has 7 heteroatoms. The third-order valence-electron chi connectivity index (χ3n) is 2.13. The van der Waals surface area contributed by atoms with Crippen LogP contribution in [0.15, 0.2) is 52.1 Å². The van der Waals surface area contributed by atoms with Gasteiger partial charge in [-0.15, -0.1) is 0 Å². The summed E-state index contributed by atoms with van der Waals surface area (Å²) in [6, 6.07) is 8.26. The summed E-state index contributed by atoms with van der Waals surface area (Å²) in [6.45, 7) is 0. The Bertz CT molecular complexity index is 676. The second kappa shape index (κ2) is 5.03. The van der Waals surface area contributed by atoms with Gasteiger partial charge in [-0.1, -0.05) is 12.1 Å². The van der Waals surface area contributed by atoms with Crippen molar-refractivity contribution in [3.05, 3.63) is 53.0 Å². The predicted octanol–water partition coefficient (Wildman–Crippen LogP) is 2.78. The molecule has 1 aromatic carbocycles. The summed E-state index contributed by atoms with van der Waals surface area (Å²) in [7, 11) is -3.96. The minimum Gasteiger partial charge on any atom is -0.277 e. The first kappa shape index (κ1) is 13.0. The van der Waals surface area contributed by atoms with Crippen molar-refractivity contribution in [2.75, 3.05) is 4.72 Å². The highest BCUT2D eigenvalue weighted by Gasteiger charge is 2.19. The molecule has 0 atom stereocenters. The van der Waals surface area contributed by atoms with E-state index in [4.69, 9.17) is 0 Å². The molecule has 4 nitrogen and oxygen atoms in total. The highest BCUT2D eigenvalue weighted by molar-refractivity contribution is 9.10.